The van der Waals surface area contributed by atoms with E-state index in [0.29, 0.717) is 28.3 Å². The molecule has 0 radical (unpaired) electrons. The molecular formula is C24H15F2NO4. The van der Waals surface area contributed by atoms with Crippen LogP contribution in [0.15, 0.2) is 77.3 Å². The van der Waals surface area contributed by atoms with E-state index in [1.54, 1.807) is 12.1 Å². The molecule has 1 aliphatic heterocycles. The number of carbonyl (C=O) groups is 1. The zero-order valence-electron chi connectivity index (χ0n) is 16.0. The average molecular weight is 419 g/mol. The van der Waals surface area contributed by atoms with Crippen molar-refractivity contribution in [2.45, 2.75) is 12.5 Å². The van der Waals surface area contributed by atoms with E-state index in [9.17, 15) is 13.6 Å². The molecule has 0 amide bonds. The smallest absolute Gasteiger partial charge is 0.318 e. The van der Waals surface area contributed by atoms with Gasteiger partial charge in [-0.15, -0.1) is 0 Å². The van der Waals surface area contributed by atoms with Crippen molar-refractivity contribution in [2.24, 2.45) is 0 Å². The monoisotopic (exact) mass is 419 g/mol. The van der Waals surface area contributed by atoms with Crippen LogP contribution in [0.3, 0.4) is 0 Å². The van der Waals surface area contributed by atoms with Crippen molar-refractivity contribution in [3.8, 4) is 22.8 Å². The second kappa shape index (κ2) is 7.68. The van der Waals surface area contributed by atoms with Gasteiger partial charge in [-0.1, -0.05) is 41.6 Å². The summed E-state index contributed by atoms with van der Waals surface area (Å²) < 4.78 is 43.6. The molecule has 5 nitrogen and oxygen atoms in total. The number of halogens is 2. The van der Waals surface area contributed by atoms with E-state index < -0.39 is 23.5 Å². The molecule has 0 fully saturated rings. The molecule has 1 aromatic heterocycles. The van der Waals surface area contributed by atoms with E-state index in [4.69, 9.17) is 14.0 Å². The van der Waals surface area contributed by atoms with Crippen LogP contribution >= 0.6 is 0 Å². The molecule has 154 valence electrons. The van der Waals surface area contributed by atoms with Gasteiger partial charge in [0.15, 0.2) is 5.76 Å². The second-order valence-electron chi connectivity index (χ2n) is 7.03. The number of fused-ring (bicyclic) bond motifs is 2. The number of rotatable bonds is 4. The van der Waals surface area contributed by atoms with Crippen LogP contribution in [0.25, 0.3) is 11.3 Å². The minimum absolute atomic E-state index is 0.0683. The third-order valence-electron chi connectivity index (χ3n) is 5.03. The fourth-order valence-corrected chi connectivity index (χ4v) is 3.59. The van der Waals surface area contributed by atoms with Gasteiger partial charge in [-0.05, 0) is 24.3 Å². The van der Waals surface area contributed by atoms with E-state index >= 15 is 0 Å². The van der Waals surface area contributed by atoms with E-state index in [1.165, 1.54) is 12.1 Å². The zero-order valence-corrected chi connectivity index (χ0v) is 16.0. The predicted octanol–water partition coefficient (Wildman–Crippen LogP) is 5.60. The summed E-state index contributed by atoms with van der Waals surface area (Å²) in [6, 6.07) is 19.2. The van der Waals surface area contributed by atoms with Crippen molar-refractivity contribution in [1.82, 2.24) is 5.16 Å². The van der Waals surface area contributed by atoms with Crippen LogP contribution in [0.5, 0.6) is 11.5 Å². The lowest BCUT2D eigenvalue weighted by Gasteiger charge is -2.26. The molecule has 0 saturated carbocycles. The maximum atomic E-state index is 14.0. The van der Waals surface area contributed by atoms with Gasteiger partial charge < -0.3 is 14.0 Å². The Balaban J connectivity index is 1.37. The number of hydrogen-bond donors (Lipinski definition) is 0. The Bertz CT molecular complexity index is 1240. The van der Waals surface area contributed by atoms with Gasteiger partial charge in [0, 0.05) is 23.3 Å². The molecule has 0 spiro atoms. The van der Waals surface area contributed by atoms with Gasteiger partial charge in [-0.25, -0.2) is 8.78 Å². The first-order valence-electron chi connectivity index (χ1n) is 9.53. The van der Waals surface area contributed by atoms with Gasteiger partial charge in [-0.2, -0.15) is 0 Å². The summed E-state index contributed by atoms with van der Waals surface area (Å²) in [7, 11) is 0. The largest absolute Gasteiger partial charge is 0.458 e. The number of hydrogen-bond acceptors (Lipinski definition) is 5. The molecule has 7 heteroatoms. The molecule has 1 aliphatic rings. The van der Waals surface area contributed by atoms with Crippen molar-refractivity contribution >= 4 is 5.97 Å². The highest BCUT2D eigenvalue weighted by Gasteiger charge is 2.33. The molecule has 31 heavy (non-hydrogen) atoms. The third-order valence-corrected chi connectivity index (χ3v) is 5.03. The number of nitrogens with zero attached hydrogens (tertiary/aromatic N) is 1. The highest BCUT2D eigenvalue weighted by molar-refractivity contribution is 5.85. The van der Waals surface area contributed by atoms with Crippen molar-refractivity contribution in [3.63, 3.8) is 0 Å². The Morgan fingerprint density at radius 1 is 0.935 bits per heavy atom. The Labute approximate surface area is 175 Å². The summed E-state index contributed by atoms with van der Waals surface area (Å²) in [5.74, 6) is -1.27. The van der Waals surface area contributed by atoms with Gasteiger partial charge in [0.1, 0.15) is 41.4 Å². The Hall–Kier alpha value is -4.00. The van der Waals surface area contributed by atoms with Crippen LogP contribution in [0.2, 0.25) is 0 Å². The summed E-state index contributed by atoms with van der Waals surface area (Å²) in [5.41, 5.74) is 1.79. The van der Waals surface area contributed by atoms with Gasteiger partial charge in [0.05, 0.1) is 5.56 Å². The number of benzene rings is 3. The lowest BCUT2D eigenvalue weighted by atomic mass is 9.88. The first kappa shape index (κ1) is 19.0. The molecule has 0 saturated heterocycles. The number of aromatic nitrogens is 1. The Morgan fingerprint density at radius 2 is 1.61 bits per heavy atom. The maximum absolute atomic E-state index is 14.0. The quantitative estimate of drug-likeness (QED) is 0.403. The summed E-state index contributed by atoms with van der Waals surface area (Å²) in [6.45, 7) is -0.160. The fraction of sp³-hybridized carbons (Fsp3) is 0.0833. The summed E-state index contributed by atoms with van der Waals surface area (Å²) >= 11 is 0. The Morgan fingerprint density at radius 3 is 2.29 bits per heavy atom. The molecule has 2 heterocycles. The first-order chi connectivity index (χ1) is 15.1. The minimum Gasteiger partial charge on any atom is -0.458 e. The molecular weight excluding hydrogens is 404 g/mol. The third kappa shape index (κ3) is 3.54. The van der Waals surface area contributed by atoms with Gasteiger partial charge in [0.25, 0.3) is 0 Å². The second-order valence-corrected chi connectivity index (χ2v) is 7.03. The molecule has 0 atom stereocenters. The highest BCUT2D eigenvalue weighted by atomic mass is 19.1. The molecule has 4 aromatic rings. The zero-order chi connectivity index (χ0) is 21.4. The lowest BCUT2D eigenvalue weighted by molar-refractivity contribution is -0.146. The van der Waals surface area contributed by atoms with E-state index in [-0.39, 0.29) is 17.9 Å². The van der Waals surface area contributed by atoms with Crippen LogP contribution in [-0.2, 0) is 16.1 Å². The number of para-hydroxylation sites is 2. The molecule has 3 aromatic carbocycles. The predicted molar refractivity (Wildman–Crippen MR) is 106 cm³/mol. The van der Waals surface area contributed by atoms with Gasteiger partial charge >= 0.3 is 5.97 Å². The van der Waals surface area contributed by atoms with Crippen LogP contribution < -0.4 is 4.74 Å². The van der Waals surface area contributed by atoms with E-state index in [0.717, 1.165) is 12.1 Å². The molecule has 0 N–H and O–H groups in total. The summed E-state index contributed by atoms with van der Waals surface area (Å²) in [4.78, 5) is 13.0. The van der Waals surface area contributed by atoms with Crippen molar-refractivity contribution in [3.05, 3.63) is 101 Å². The van der Waals surface area contributed by atoms with Crippen molar-refractivity contribution in [1.29, 1.82) is 0 Å². The van der Waals surface area contributed by atoms with Crippen molar-refractivity contribution < 1.29 is 27.6 Å². The number of carbonyl (C=O) groups excluding carboxylic acids is 1. The van der Waals surface area contributed by atoms with E-state index in [2.05, 4.69) is 5.16 Å². The van der Waals surface area contributed by atoms with E-state index in [1.807, 2.05) is 36.4 Å². The number of ether oxygens (including phenoxy) is 2. The van der Waals surface area contributed by atoms with Crippen molar-refractivity contribution in [2.75, 3.05) is 0 Å². The minimum atomic E-state index is -0.768. The standard InChI is InChI=1S/C24H15F2NO4/c25-14-9-10-16(19(26)11-14)22-12-15(27-31-22)13-29-24(28)23-17-5-1-3-7-20(17)30-21-8-4-2-6-18(21)23/h1-12,23H,13H2. The Kier molecular flexibility index (Phi) is 4.71. The van der Waals surface area contributed by atoms with Crippen LogP contribution in [-0.4, -0.2) is 11.1 Å². The van der Waals surface area contributed by atoms with Gasteiger partial charge in [-0.3, -0.25) is 4.79 Å². The normalized spacial score (nSPS) is 12.6. The molecule has 0 bridgehead atoms. The van der Waals surface area contributed by atoms with Crippen LogP contribution in [0.4, 0.5) is 8.78 Å². The summed E-state index contributed by atoms with van der Waals surface area (Å²) in [6.07, 6.45) is 0. The summed E-state index contributed by atoms with van der Waals surface area (Å²) in [5, 5.41) is 3.82. The molecule has 5 rings (SSSR count). The first-order valence-corrected chi connectivity index (χ1v) is 9.53. The van der Waals surface area contributed by atoms with Crippen LogP contribution in [0, 0.1) is 11.6 Å². The molecule has 0 unspecified atom stereocenters. The topological polar surface area (TPSA) is 61.6 Å². The van der Waals surface area contributed by atoms with Gasteiger partial charge in [0.2, 0.25) is 0 Å². The fourth-order valence-electron chi connectivity index (χ4n) is 3.59. The maximum Gasteiger partial charge on any atom is 0.318 e. The SMILES string of the molecule is O=C(OCc1cc(-c2ccc(F)cc2F)on1)C1c2ccccc2Oc2ccccc21. The molecule has 0 aliphatic carbocycles. The lowest BCUT2D eigenvalue weighted by Crippen LogP contribution is -2.21. The average Bonchev–Trinajstić information content (AvgIpc) is 3.24. The number of esters is 1. The van der Waals surface area contributed by atoms with Crippen LogP contribution in [0.1, 0.15) is 22.7 Å². The highest BCUT2D eigenvalue weighted by Crippen LogP contribution is 2.44.